The zero-order valence-electron chi connectivity index (χ0n) is 21.8. The first-order valence-electron chi connectivity index (χ1n) is 13.1. The van der Waals surface area contributed by atoms with Gasteiger partial charge in [0.25, 0.3) is 5.91 Å². The lowest BCUT2D eigenvalue weighted by Gasteiger charge is -2.29. The normalized spacial score (nSPS) is 20.6. The number of rotatable bonds is 10. The average molecular weight is 517 g/mol. The summed E-state index contributed by atoms with van der Waals surface area (Å²) in [7, 11) is 0. The molecule has 5 rings (SSSR count). The number of para-hydroxylation sites is 3. The summed E-state index contributed by atoms with van der Waals surface area (Å²) in [5.74, 6) is 0.187. The lowest BCUT2D eigenvalue weighted by atomic mass is 9.90. The van der Waals surface area contributed by atoms with Crippen molar-refractivity contribution in [1.82, 2.24) is 0 Å². The average Bonchev–Trinajstić information content (AvgIpc) is 3.45. The smallest absolute Gasteiger partial charge is 0.266 e. The van der Waals surface area contributed by atoms with Crippen molar-refractivity contribution >= 4 is 23.2 Å². The molecule has 2 fully saturated rings. The maximum atomic E-state index is 14.0. The van der Waals surface area contributed by atoms with Crippen molar-refractivity contribution in [3.8, 4) is 17.2 Å². The number of hydroxylamine groups is 1. The Morgan fingerprint density at radius 3 is 2.21 bits per heavy atom. The van der Waals surface area contributed by atoms with Crippen LogP contribution in [-0.2, 0) is 14.4 Å². The molecule has 2 saturated heterocycles. The van der Waals surface area contributed by atoms with E-state index in [1.54, 1.807) is 23.3 Å². The number of carbonyl (C=O) groups excluding carboxylic acids is 2. The van der Waals surface area contributed by atoms with Crippen LogP contribution < -0.4 is 24.2 Å². The number of ether oxygens (including phenoxy) is 3. The van der Waals surface area contributed by atoms with Crippen molar-refractivity contribution in [3.05, 3.63) is 78.4 Å². The van der Waals surface area contributed by atoms with Gasteiger partial charge in [-0.05, 0) is 62.2 Å². The lowest BCUT2D eigenvalue weighted by Crippen LogP contribution is -2.37. The standard InChI is InChI=1S/C30H32N2O6/c1-4-18-37-24-17-16-20(19-25(24)36-6-3)27-26-28(38-32(27)21-12-8-7-9-13-21)30(34)31(29(26)33)22-14-10-11-15-23(22)35-5-2/h7-17,19,26-28H,4-6,18H2,1-3H3/t26-,27-,28-/m1/s1. The van der Waals surface area contributed by atoms with Crippen LogP contribution in [0.3, 0.4) is 0 Å². The quantitative estimate of drug-likeness (QED) is 0.337. The predicted octanol–water partition coefficient (Wildman–Crippen LogP) is 5.32. The van der Waals surface area contributed by atoms with Gasteiger partial charge >= 0.3 is 0 Å². The molecule has 0 N–H and O–H groups in total. The van der Waals surface area contributed by atoms with Gasteiger partial charge in [0.2, 0.25) is 5.91 Å². The van der Waals surface area contributed by atoms with Crippen LogP contribution in [-0.4, -0.2) is 37.7 Å². The summed E-state index contributed by atoms with van der Waals surface area (Å²) in [6.07, 6.45) is -0.112. The highest BCUT2D eigenvalue weighted by molar-refractivity contribution is 6.24. The molecular weight excluding hydrogens is 484 g/mol. The van der Waals surface area contributed by atoms with E-state index in [9.17, 15) is 9.59 Å². The van der Waals surface area contributed by atoms with E-state index in [2.05, 4.69) is 0 Å². The van der Waals surface area contributed by atoms with Crippen molar-refractivity contribution in [2.24, 2.45) is 5.92 Å². The molecular formula is C30H32N2O6. The molecule has 198 valence electrons. The third-order valence-corrected chi connectivity index (χ3v) is 6.60. The first-order valence-corrected chi connectivity index (χ1v) is 13.1. The van der Waals surface area contributed by atoms with E-state index < -0.39 is 24.0 Å². The monoisotopic (exact) mass is 516 g/mol. The summed E-state index contributed by atoms with van der Waals surface area (Å²) < 4.78 is 17.5. The molecule has 0 saturated carbocycles. The minimum Gasteiger partial charge on any atom is -0.492 e. The van der Waals surface area contributed by atoms with E-state index >= 15 is 0 Å². The van der Waals surface area contributed by atoms with Crippen LogP contribution in [0.5, 0.6) is 17.2 Å². The van der Waals surface area contributed by atoms with Gasteiger partial charge in [-0.15, -0.1) is 0 Å². The summed E-state index contributed by atoms with van der Waals surface area (Å²) in [5.41, 5.74) is 1.96. The molecule has 38 heavy (non-hydrogen) atoms. The number of hydrogen-bond acceptors (Lipinski definition) is 7. The molecule has 2 aliphatic rings. The van der Waals surface area contributed by atoms with Crippen molar-refractivity contribution in [2.75, 3.05) is 29.8 Å². The third kappa shape index (κ3) is 4.56. The fourth-order valence-electron chi connectivity index (χ4n) is 5.02. The minimum atomic E-state index is -0.978. The molecule has 2 aliphatic heterocycles. The highest BCUT2D eigenvalue weighted by Gasteiger charge is 2.60. The zero-order valence-corrected chi connectivity index (χ0v) is 21.8. The maximum absolute atomic E-state index is 14.0. The molecule has 2 amide bonds. The Bertz CT molecular complexity index is 1300. The van der Waals surface area contributed by atoms with Gasteiger partial charge in [0.1, 0.15) is 11.7 Å². The Kier molecular flexibility index (Phi) is 7.51. The van der Waals surface area contributed by atoms with E-state index in [0.29, 0.717) is 42.8 Å². The van der Waals surface area contributed by atoms with Crippen molar-refractivity contribution in [1.29, 1.82) is 0 Å². The minimum absolute atomic E-state index is 0.333. The molecule has 8 heteroatoms. The topological polar surface area (TPSA) is 77.5 Å². The maximum Gasteiger partial charge on any atom is 0.266 e. The first kappa shape index (κ1) is 25.6. The second-order valence-electron chi connectivity index (χ2n) is 9.06. The van der Waals surface area contributed by atoms with Gasteiger partial charge in [-0.25, -0.2) is 9.96 Å². The van der Waals surface area contributed by atoms with Crippen LogP contribution in [0.1, 0.15) is 38.8 Å². The third-order valence-electron chi connectivity index (χ3n) is 6.60. The number of benzene rings is 3. The molecule has 0 unspecified atom stereocenters. The molecule has 2 heterocycles. The van der Waals surface area contributed by atoms with E-state index in [0.717, 1.165) is 17.7 Å². The second-order valence-corrected chi connectivity index (χ2v) is 9.06. The van der Waals surface area contributed by atoms with Crippen molar-refractivity contribution in [3.63, 3.8) is 0 Å². The van der Waals surface area contributed by atoms with E-state index in [-0.39, 0.29) is 5.91 Å². The van der Waals surface area contributed by atoms with Crippen molar-refractivity contribution < 1.29 is 28.6 Å². The number of imide groups is 1. The van der Waals surface area contributed by atoms with Crippen LogP contribution in [0.25, 0.3) is 0 Å². The lowest BCUT2D eigenvalue weighted by molar-refractivity contribution is -0.126. The number of fused-ring (bicyclic) bond motifs is 1. The number of amides is 2. The van der Waals surface area contributed by atoms with Gasteiger partial charge in [-0.1, -0.05) is 43.3 Å². The summed E-state index contributed by atoms with van der Waals surface area (Å²) in [5, 5.41) is 1.68. The number of carbonyl (C=O) groups is 2. The molecule has 3 atom stereocenters. The summed E-state index contributed by atoms with van der Waals surface area (Å²) in [4.78, 5) is 35.2. The predicted molar refractivity (Wildman–Crippen MR) is 144 cm³/mol. The molecule has 0 aromatic heterocycles. The van der Waals surface area contributed by atoms with Crippen LogP contribution in [0, 0.1) is 5.92 Å². The highest BCUT2D eigenvalue weighted by atomic mass is 16.7. The second kappa shape index (κ2) is 11.1. The van der Waals surface area contributed by atoms with E-state index in [1.807, 2.05) is 75.4 Å². The van der Waals surface area contributed by atoms with E-state index in [1.165, 1.54) is 4.90 Å². The van der Waals surface area contributed by atoms with E-state index in [4.69, 9.17) is 19.0 Å². The van der Waals surface area contributed by atoms with Crippen LogP contribution in [0.4, 0.5) is 11.4 Å². The Labute approximate surface area is 222 Å². The molecule has 3 aromatic rings. The van der Waals surface area contributed by atoms with Gasteiger partial charge in [0, 0.05) is 0 Å². The molecule has 3 aromatic carbocycles. The molecule has 0 aliphatic carbocycles. The van der Waals surface area contributed by atoms with Gasteiger partial charge in [0.05, 0.1) is 37.2 Å². The largest absolute Gasteiger partial charge is 0.492 e. The van der Waals surface area contributed by atoms with Crippen LogP contribution in [0.15, 0.2) is 72.8 Å². The summed E-state index contributed by atoms with van der Waals surface area (Å²) >= 11 is 0. The number of anilines is 2. The van der Waals surface area contributed by atoms with Gasteiger partial charge in [0.15, 0.2) is 17.6 Å². The molecule has 0 radical (unpaired) electrons. The number of nitrogens with zero attached hydrogens (tertiary/aromatic N) is 2. The summed E-state index contributed by atoms with van der Waals surface area (Å²) in [6.45, 7) is 7.25. The fraction of sp³-hybridized carbons (Fsp3) is 0.333. The number of hydrogen-bond donors (Lipinski definition) is 0. The SMILES string of the molecule is CCCOc1ccc([C@@H]2[C@H]3C(=O)N(c4ccccc4OCC)C(=O)[C@@H]3ON2c2ccccc2)cc1OCC. The summed E-state index contributed by atoms with van der Waals surface area (Å²) in [6, 6.07) is 21.6. The Balaban J connectivity index is 1.58. The fourth-order valence-corrected chi connectivity index (χ4v) is 5.02. The van der Waals surface area contributed by atoms with Crippen molar-refractivity contribution in [2.45, 2.75) is 39.3 Å². The molecule has 8 nitrogen and oxygen atoms in total. The Hall–Kier alpha value is -4.04. The Morgan fingerprint density at radius 2 is 1.47 bits per heavy atom. The van der Waals surface area contributed by atoms with Crippen LogP contribution in [0.2, 0.25) is 0 Å². The van der Waals surface area contributed by atoms with Crippen LogP contribution >= 0.6 is 0 Å². The zero-order chi connectivity index (χ0) is 26.6. The van der Waals surface area contributed by atoms with Gasteiger partial charge < -0.3 is 14.2 Å². The Morgan fingerprint density at radius 1 is 0.763 bits per heavy atom. The molecule has 0 spiro atoms. The molecule has 0 bridgehead atoms. The first-order chi connectivity index (χ1) is 18.6. The highest BCUT2D eigenvalue weighted by Crippen LogP contribution is 2.49. The van der Waals surface area contributed by atoms with Gasteiger partial charge in [-0.2, -0.15) is 0 Å². The van der Waals surface area contributed by atoms with Gasteiger partial charge in [-0.3, -0.25) is 14.4 Å².